The van der Waals surface area contributed by atoms with Crippen LogP contribution >= 0.6 is 0 Å². The summed E-state index contributed by atoms with van der Waals surface area (Å²) in [6.45, 7) is -0.632. The lowest BCUT2D eigenvalue weighted by Gasteiger charge is -2.41. The molecule has 0 spiro atoms. The second-order valence-corrected chi connectivity index (χ2v) is 7.64. The second kappa shape index (κ2) is 8.36. The quantitative estimate of drug-likeness (QED) is 0.350. The van der Waals surface area contributed by atoms with E-state index in [0.29, 0.717) is 0 Å². The van der Waals surface area contributed by atoms with Crippen molar-refractivity contribution in [2.45, 2.75) is 55.8 Å². The third-order valence-electron chi connectivity index (χ3n) is 5.72. The van der Waals surface area contributed by atoms with Crippen LogP contribution in [0.25, 0.3) is 11.0 Å². The van der Waals surface area contributed by atoms with Crippen molar-refractivity contribution < 1.29 is 49.3 Å². The van der Waals surface area contributed by atoms with Crippen LogP contribution in [0.4, 0.5) is 0 Å². The van der Waals surface area contributed by atoms with Gasteiger partial charge in [0.15, 0.2) is 6.29 Å². The number of aliphatic hydroxyl groups is 5. The van der Waals surface area contributed by atoms with Crippen molar-refractivity contribution in [3.8, 4) is 11.5 Å². The van der Waals surface area contributed by atoms with Crippen molar-refractivity contribution in [1.29, 1.82) is 0 Å². The van der Waals surface area contributed by atoms with Gasteiger partial charge in [-0.15, -0.1) is 0 Å². The normalized spacial score (nSPS) is 33.3. The lowest BCUT2D eigenvalue weighted by atomic mass is 9.90. The Labute approximate surface area is 175 Å². The molecule has 0 amide bonds. The Bertz CT molecular complexity index is 1020. The molecule has 1 aliphatic carbocycles. The smallest absolute Gasteiger partial charge is 0.202 e. The average Bonchev–Trinajstić information content (AvgIpc) is 2.75. The lowest BCUT2D eigenvalue weighted by molar-refractivity contribution is -0.314. The first kappa shape index (κ1) is 22.0. The lowest BCUT2D eigenvalue weighted by Crippen LogP contribution is -2.59. The predicted octanol–water partition coefficient (Wildman–Crippen LogP) is -0.808. The summed E-state index contributed by atoms with van der Waals surface area (Å²) < 4.78 is 21.9. The van der Waals surface area contributed by atoms with Crippen molar-refractivity contribution in [2.24, 2.45) is 0 Å². The number of benzene rings is 1. The highest BCUT2D eigenvalue weighted by Crippen LogP contribution is 2.41. The van der Waals surface area contributed by atoms with Gasteiger partial charge >= 0.3 is 0 Å². The predicted molar refractivity (Wildman–Crippen MR) is 102 cm³/mol. The highest BCUT2D eigenvalue weighted by molar-refractivity contribution is 5.85. The number of rotatable bonds is 4. The standard InChI is InChI=1S/C20H24O11/c1-28-7-4-9(23)13-11(5-7)29-19-8(22)2-3-10(14(19)16(13)25)30-20-18(27)17(26)15(24)12(6-21)31-20/h4-5,8,10,12,15,17-18,20-24,26-27H,2-3,6H2,1H3/t8-,10+,12+,15-,17+,18+,20-/m1/s1. The zero-order valence-corrected chi connectivity index (χ0v) is 16.5. The van der Waals surface area contributed by atoms with Crippen LogP contribution in [0.3, 0.4) is 0 Å². The number of phenols is 1. The number of ether oxygens (including phenoxy) is 3. The van der Waals surface area contributed by atoms with Gasteiger partial charge in [-0.2, -0.15) is 0 Å². The van der Waals surface area contributed by atoms with E-state index in [-0.39, 0.29) is 46.6 Å². The van der Waals surface area contributed by atoms with Crippen LogP contribution < -0.4 is 10.2 Å². The van der Waals surface area contributed by atoms with Gasteiger partial charge in [0.05, 0.1) is 25.4 Å². The first-order valence-electron chi connectivity index (χ1n) is 9.78. The fourth-order valence-electron chi connectivity index (χ4n) is 4.04. The minimum atomic E-state index is -1.65. The van der Waals surface area contributed by atoms with Gasteiger partial charge in [0, 0.05) is 12.1 Å². The molecule has 2 aromatic rings. The van der Waals surface area contributed by atoms with Gasteiger partial charge in [-0.3, -0.25) is 4.79 Å². The van der Waals surface area contributed by atoms with E-state index in [1.54, 1.807) is 0 Å². The van der Waals surface area contributed by atoms with E-state index in [4.69, 9.17) is 18.6 Å². The number of hydrogen-bond donors (Lipinski definition) is 6. The third kappa shape index (κ3) is 3.68. The molecule has 1 saturated heterocycles. The molecule has 1 fully saturated rings. The topological polar surface area (TPSA) is 179 Å². The molecule has 1 aromatic carbocycles. The monoisotopic (exact) mass is 440 g/mol. The molecule has 7 atom stereocenters. The fraction of sp³-hybridized carbons (Fsp3) is 0.550. The first-order chi connectivity index (χ1) is 14.8. The van der Waals surface area contributed by atoms with Gasteiger partial charge in [-0.05, 0) is 12.8 Å². The van der Waals surface area contributed by atoms with Crippen molar-refractivity contribution in [1.82, 2.24) is 0 Å². The molecule has 1 aromatic heterocycles. The average molecular weight is 440 g/mol. The SMILES string of the molecule is COc1cc(O)c2c(=O)c3c(oc2c1)[C@H](O)CC[C@@H]3O[C@@H]1O[C@@H](CO)[C@@H](O)[C@H](O)[C@@H]1O. The number of methoxy groups -OCH3 is 1. The minimum absolute atomic E-state index is 0.0214. The van der Waals surface area contributed by atoms with Gasteiger partial charge in [-0.1, -0.05) is 0 Å². The van der Waals surface area contributed by atoms with E-state index in [1.807, 2.05) is 0 Å². The van der Waals surface area contributed by atoms with E-state index in [0.717, 1.165) is 0 Å². The van der Waals surface area contributed by atoms with Crippen LogP contribution in [0.1, 0.15) is 36.4 Å². The molecule has 0 radical (unpaired) electrons. The maximum absolute atomic E-state index is 13.2. The summed E-state index contributed by atoms with van der Waals surface area (Å²) in [7, 11) is 1.39. The zero-order valence-electron chi connectivity index (χ0n) is 16.5. The molecule has 11 heteroatoms. The summed E-state index contributed by atoms with van der Waals surface area (Å²) in [5.74, 6) is -0.170. The largest absolute Gasteiger partial charge is 0.507 e. The Hall–Kier alpha value is -2.25. The molecule has 1 aliphatic heterocycles. The Kier molecular flexibility index (Phi) is 5.92. The highest BCUT2D eigenvalue weighted by Gasteiger charge is 2.46. The van der Waals surface area contributed by atoms with Crippen molar-refractivity contribution in [3.05, 3.63) is 33.7 Å². The third-order valence-corrected chi connectivity index (χ3v) is 5.72. The maximum atomic E-state index is 13.2. The number of phenolic OH excluding ortho intramolecular Hbond substituents is 1. The van der Waals surface area contributed by atoms with E-state index >= 15 is 0 Å². The van der Waals surface area contributed by atoms with E-state index < -0.39 is 54.9 Å². The molecule has 0 saturated carbocycles. The van der Waals surface area contributed by atoms with Gasteiger partial charge in [0.25, 0.3) is 0 Å². The van der Waals surface area contributed by atoms with Gasteiger partial charge < -0.3 is 49.3 Å². The summed E-state index contributed by atoms with van der Waals surface area (Å²) in [5, 5.41) is 60.1. The van der Waals surface area contributed by atoms with Crippen LogP contribution in [0.5, 0.6) is 11.5 Å². The minimum Gasteiger partial charge on any atom is -0.507 e. The number of fused-ring (bicyclic) bond motifs is 2. The molecule has 0 unspecified atom stereocenters. The van der Waals surface area contributed by atoms with Crippen LogP contribution in [-0.2, 0) is 9.47 Å². The van der Waals surface area contributed by atoms with Crippen molar-refractivity contribution in [3.63, 3.8) is 0 Å². The molecule has 2 heterocycles. The molecule has 0 bridgehead atoms. The summed E-state index contributed by atoms with van der Waals surface area (Å²) in [5.41, 5.74) is -0.665. The van der Waals surface area contributed by atoms with E-state index in [9.17, 15) is 35.4 Å². The molecular formula is C20H24O11. The van der Waals surface area contributed by atoms with Crippen molar-refractivity contribution in [2.75, 3.05) is 13.7 Å². The Morgan fingerprint density at radius 3 is 2.52 bits per heavy atom. The van der Waals surface area contributed by atoms with E-state index in [1.165, 1.54) is 19.2 Å². The van der Waals surface area contributed by atoms with Crippen molar-refractivity contribution >= 4 is 11.0 Å². The van der Waals surface area contributed by atoms with Gasteiger partial charge in [0.2, 0.25) is 5.43 Å². The van der Waals surface area contributed by atoms with Crippen LogP contribution in [0.2, 0.25) is 0 Å². The van der Waals surface area contributed by atoms with Gasteiger partial charge in [-0.25, -0.2) is 0 Å². The molecule has 31 heavy (non-hydrogen) atoms. The fourth-order valence-corrected chi connectivity index (χ4v) is 4.04. The van der Waals surface area contributed by atoms with E-state index in [2.05, 4.69) is 0 Å². The molecule has 11 nitrogen and oxygen atoms in total. The van der Waals surface area contributed by atoms with Crippen LogP contribution in [0, 0.1) is 0 Å². The first-order valence-corrected chi connectivity index (χ1v) is 9.78. The van der Waals surface area contributed by atoms with Crippen LogP contribution in [0.15, 0.2) is 21.3 Å². The number of hydrogen-bond acceptors (Lipinski definition) is 11. The summed E-state index contributed by atoms with van der Waals surface area (Å²) in [6.07, 6.45) is -9.30. The summed E-state index contributed by atoms with van der Waals surface area (Å²) in [6, 6.07) is 2.66. The molecule has 170 valence electrons. The number of aliphatic hydroxyl groups excluding tert-OH is 5. The second-order valence-electron chi connectivity index (χ2n) is 7.64. The molecule has 2 aliphatic rings. The molecule has 4 rings (SSSR count). The van der Waals surface area contributed by atoms with Crippen LogP contribution in [-0.4, -0.2) is 75.1 Å². The van der Waals surface area contributed by atoms with Gasteiger partial charge in [0.1, 0.15) is 58.7 Å². The number of aromatic hydroxyl groups is 1. The maximum Gasteiger partial charge on any atom is 0.202 e. The Balaban J connectivity index is 1.75. The Morgan fingerprint density at radius 1 is 1.10 bits per heavy atom. The Morgan fingerprint density at radius 2 is 1.84 bits per heavy atom. The summed E-state index contributed by atoms with van der Waals surface area (Å²) >= 11 is 0. The highest BCUT2D eigenvalue weighted by atomic mass is 16.7. The molecular weight excluding hydrogens is 416 g/mol. The summed E-state index contributed by atoms with van der Waals surface area (Å²) in [4.78, 5) is 13.2. The molecule has 6 N–H and O–H groups in total. The zero-order chi connectivity index (χ0) is 22.4.